The molecule has 0 bridgehead atoms. The first-order chi connectivity index (χ1) is 14.6. The second-order valence-corrected chi connectivity index (χ2v) is 8.57. The van der Waals surface area contributed by atoms with Crippen molar-refractivity contribution in [3.05, 3.63) is 87.3 Å². The SMILES string of the molecule is Cc1ccccc1NC(=O)Cn1c(SCCc2ccccc2)nc2c(c1=O)CCC2. The van der Waals surface area contributed by atoms with Gasteiger partial charge in [-0.05, 0) is 49.8 Å². The van der Waals surface area contributed by atoms with Crippen molar-refractivity contribution in [3.63, 3.8) is 0 Å². The lowest BCUT2D eigenvalue weighted by Crippen LogP contribution is -2.32. The van der Waals surface area contributed by atoms with Crippen LogP contribution in [0, 0.1) is 6.92 Å². The number of aromatic nitrogens is 2. The van der Waals surface area contributed by atoms with Crippen LogP contribution in [0.15, 0.2) is 64.5 Å². The molecule has 0 spiro atoms. The molecule has 30 heavy (non-hydrogen) atoms. The molecular formula is C24H25N3O2S. The van der Waals surface area contributed by atoms with Gasteiger partial charge in [0.15, 0.2) is 5.16 Å². The Balaban J connectivity index is 1.54. The van der Waals surface area contributed by atoms with Gasteiger partial charge in [0.25, 0.3) is 5.56 Å². The van der Waals surface area contributed by atoms with E-state index < -0.39 is 0 Å². The molecule has 6 heteroatoms. The van der Waals surface area contributed by atoms with Gasteiger partial charge in [0.1, 0.15) is 6.54 Å². The number of rotatable bonds is 7. The fourth-order valence-electron chi connectivity index (χ4n) is 3.71. The molecule has 0 radical (unpaired) electrons. The van der Waals surface area contributed by atoms with Gasteiger partial charge in [0, 0.05) is 17.0 Å². The summed E-state index contributed by atoms with van der Waals surface area (Å²) in [6.07, 6.45) is 3.42. The summed E-state index contributed by atoms with van der Waals surface area (Å²) in [4.78, 5) is 30.6. The quantitative estimate of drug-likeness (QED) is 0.464. The van der Waals surface area contributed by atoms with Crippen molar-refractivity contribution in [2.24, 2.45) is 0 Å². The summed E-state index contributed by atoms with van der Waals surface area (Å²) in [7, 11) is 0. The van der Waals surface area contributed by atoms with E-state index in [1.807, 2.05) is 49.4 Å². The number of fused-ring (bicyclic) bond motifs is 1. The highest BCUT2D eigenvalue weighted by Crippen LogP contribution is 2.23. The summed E-state index contributed by atoms with van der Waals surface area (Å²) in [6.45, 7) is 1.92. The lowest BCUT2D eigenvalue weighted by Gasteiger charge is -2.14. The number of aryl methyl sites for hydroxylation is 3. The fourth-order valence-corrected chi connectivity index (χ4v) is 4.71. The first-order valence-electron chi connectivity index (χ1n) is 10.3. The molecule has 0 fully saturated rings. The molecule has 0 saturated heterocycles. The van der Waals surface area contributed by atoms with Crippen molar-refractivity contribution >= 4 is 23.4 Å². The van der Waals surface area contributed by atoms with Crippen LogP contribution in [0.3, 0.4) is 0 Å². The highest BCUT2D eigenvalue weighted by molar-refractivity contribution is 7.99. The normalized spacial score (nSPS) is 12.6. The molecule has 0 atom stereocenters. The fraction of sp³-hybridized carbons (Fsp3) is 0.292. The van der Waals surface area contributed by atoms with Crippen LogP contribution in [0.4, 0.5) is 5.69 Å². The average molecular weight is 420 g/mol. The first kappa shape index (κ1) is 20.4. The Kier molecular flexibility index (Phi) is 6.33. The lowest BCUT2D eigenvalue weighted by molar-refractivity contribution is -0.116. The molecule has 1 aromatic heterocycles. The number of hydrogen-bond acceptors (Lipinski definition) is 4. The van der Waals surface area contributed by atoms with Crippen LogP contribution >= 0.6 is 11.8 Å². The molecule has 1 aliphatic rings. The van der Waals surface area contributed by atoms with Gasteiger partial charge in [0.05, 0.1) is 5.69 Å². The van der Waals surface area contributed by atoms with E-state index in [-0.39, 0.29) is 18.0 Å². The zero-order valence-corrected chi connectivity index (χ0v) is 17.9. The molecule has 4 rings (SSSR count). The summed E-state index contributed by atoms with van der Waals surface area (Å²) in [6, 6.07) is 17.9. The summed E-state index contributed by atoms with van der Waals surface area (Å²) in [5.74, 6) is 0.588. The summed E-state index contributed by atoms with van der Waals surface area (Å²) >= 11 is 1.55. The minimum Gasteiger partial charge on any atom is -0.324 e. The Morgan fingerprint density at radius 2 is 1.87 bits per heavy atom. The molecule has 1 heterocycles. The second kappa shape index (κ2) is 9.30. The Morgan fingerprint density at radius 1 is 1.10 bits per heavy atom. The van der Waals surface area contributed by atoms with Crippen LogP contribution in [0.2, 0.25) is 0 Å². The Bertz CT molecular complexity index is 1110. The number of benzene rings is 2. The number of amides is 1. The van der Waals surface area contributed by atoms with E-state index in [0.29, 0.717) is 5.16 Å². The average Bonchev–Trinajstić information content (AvgIpc) is 3.22. The predicted molar refractivity (Wildman–Crippen MR) is 121 cm³/mol. The number of anilines is 1. The number of carbonyl (C=O) groups excluding carboxylic acids is 1. The van der Waals surface area contributed by atoms with Crippen molar-refractivity contribution < 1.29 is 4.79 Å². The molecule has 1 N–H and O–H groups in total. The molecule has 0 saturated carbocycles. The van der Waals surface area contributed by atoms with E-state index in [4.69, 9.17) is 4.98 Å². The monoisotopic (exact) mass is 419 g/mol. The third-order valence-corrected chi connectivity index (χ3v) is 6.32. The number of hydrogen-bond donors (Lipinski definition) is 1. The third-order valence-electron chi connectivity index (χ3n) is 5.34. The Morgan fingerprint density at radius 3 is 2.67 bits per heavy atom. The summed E-state index contributed by atoms with van der Waals surface area (Å²) < 4.78 is 1.55. The van der Waals surface area contributed by atoms with E-state index in [0.717, 1.165) is 53.9 Å². The van der Waals surface area contributed by atoms with Crippen LogP contribution in [0.1, 0.15) is 28.8 Å². The van der Waals surface area contributed by atoms with Crippen molar-refractivity contribution in [2.45, 2.75) is 44.3 Å². The zero-order chi connectivity index (χ0) is 20.9. The molecule has 0 aliphatic heterocycles. The van der Waals surface area contributed by atoms with Gasteiger partial charge in [-0.15, -0.1) is 0 Å². The van der Waals surface area contributed by atoms with E-state index >= 15 is 0 Å². The third kappa shape index (κ3) is 4.65. The van der Waals surface area contributed by atoms with Crippen LogP contribution < -0.4 is 10.9 Å². The Hall–Kier alpha value is -2.86. The van der Waals surface area contributed by atoms with Gasteiger partial charge in [-0.3, -0.25) is 14.2 Å². The van der Waals surface area contributed by atoms with Gasteiger partial charge in [-0.2, -0.15) is 0 Å². The molecule has 0 unspecified atom stereocenters. The molecule has 5 nitrogen and oxygen atoms in total. The van der Waals surface area contributed by atoms with Crippen molar-refractivity contribution in [3.8, 4) is 0 Å². The summed E-state index contributed by atoms with van der Waals surface area (Å²) in [5.41, 5.74) is 4.60. The largest absolute Gasteiger partial charge is 0.324 e. The number of nitrogens with one attached hydrogen (secondary N) is 1. The molecule has 1 aliphatic carbocycles. The molecule has 154 valence electrons. The van der Waals surface area contributed by atoms with E-state index in [2.05, 4.69) is 17.4 Å². The molecular weight excluding hydrogens is 394 g/mol. The minimum absolute atomic E-state index is 0.0267. The van der Waals surface area contributed by atoms with Gasteiger partial charge in [0.2, 0.25) is 5.91 Å². The van der Waals surface area contributed by atoms with E-state index in [1.165, 1.54) is 5.56 Å². The number of para-hydroxylation sites is 1. The Labute approximate surface area is 180 Å². The highest BCUT2D eigenvalue weighted by Gasteiger charge is 2.22. The summed E-state index contributed by atoms with van der Waals surface area (Å²) in [5, 5.41) is 3.56. The van der Waals surface area contributed by atoms with Gasteiger partial charge >= 0.3 is 0 Å². The van der Waals surface area contributed by atoms with Crippen molar-refractivity contribution in [1.29, 1.82) is 0 Å². The van der Waals surface area contributed by atoms with E-state index in [1.54, 1.807) is 16.3 Å². The van der Waals surface area contributed by atoms with Crippen LogP contribution in [-0.2, 0) is 30.6 Å². The maximum absolute atomic E-state index is 13.1. The van der Waals surface area contributed by atoms with Gasteiger partial charge < -0.3 is 5.32 Å². The van der Waals surface area contributed by atoms with E-state index in [9.17, 15) is 9.59 Å². The number of thioether (sulfide) groups is 1. The van der Waals surface area contributed by atoms with Gasteiger partial charge in [-0.1, -0.05) is 60.3 Å². The predicted octanol–water partition coefficient (Wildman–Crippen LogP) is 4.01. The van der Waals surface area contributed by atoms with Crippen LogP contribution in [0.5, 0.6) is 0 Å². The van der Waals surface area contributed by atoms with Gasteiger partial charge in [-0.25, -0.2) is 4.98 Å². The van der Waals surface area contributed by atoms with Crippen LogP contribution in [-0.4, -0.2) is 21.2 Å². The molecule has 1 amide bonds. The maximum Gasteiger partial charge on any atom is 0.258 e. The smallest absolute Gasteiger partial charge is 0.258 e. The lowest BCUT2D eigenvalue weighted by atomic mass is 10.2. The second-order valence-electron chi connectivity index (χ2n) is 7.51. The molecule has 3 aromatic rings. The number of carbonyl (C=O) groups is 1. The first-order valence-corrected chi connectivity index (χ1v) is 11.2. The zero-order valence-electron chi connectivity index (χ0n) is 17.1. The number of nitrogens with zero attached hydrogens (tertiary/aromatic N) is 2. The minimum atomic E-state index is -0.212. The maximum atomic E-state index is 13.1. The molecule has 2 aromatic carbocycles. The standard InChI is InChI=1S/C24H25N3O2S/c1-17-8-5-6-12-20(17)25-22(28)16-27-23(29)19-11-7-13-21(19)26-24(27)30-15-14-18-9-3-2-4-10-18/h2-6,8-10,12H,7,11,13-16H2,1H3,(H,25,28). The topological polar surface area (TPSA) is 64.0 Å². The van der Waals surface area contributed by atoms with Crippen molar-refractivity contribution in [2.75, 3.05) is 11.1 Å². The highest BCUT2D eigenvalue weighted by atomic mass is 32.2. The van der Waals surface area contributed by atoms with Crippen molar-refractivity contribution in [1.82, 2.24) is 9.55 Å². The van der Waals surface area contributed by atoms with Crippen LogP contribution in [0.25, 0.3) is 0 Å².